The van der Waals surface area contributed by atoms with Crippen LogP contribution in [0.25, 0.3) is 0 Å². The van der Waals surface area contributed by atoms with Crippen LogP contribution in [0.1, 0.15) is 65.5 Å². The highest BCUT2D eigenvalue weighted by atomic mass is 16.7. The second-order valence-corrected chi connectivity index (χ2v) is 10.4. The Bertz CT molecular complexity index is 1400. The van der Waals surface area contributed by atoms with Crippen LogP contribution in [0, 0.1) is 5.92 Å². The van der Waals surface area contributed by atoms with Crippen LogP contribution in [-0.2, 0) is 22.4 Å². The lowest BCUT2D eigenvalue weighted by atomic mass is 9.81. The van der Waals surface area contributed by atoms with E-state index in [0.717, 1.165) is 19.0 Å². The van der Waals surface area contributed by atoms with Crippen LogP contribution in [0.4, 0.5) is 0 Å². The van der Waals surface area contributed by atoms with Crippen molar-refractivity contribution in [3.05, 3.63) is 92.9 Å². The molecule has 1 amide bonds. The first-order chi connectivity index (χ1) is 18.8. The Kier molecular flexibility index (Phi) is 7.52. The van der Waals surface area contributed by atoms with Crippen LogP contribution in [-0.4, -0.2) is 52.5 Å². The zero-order valence-electron chi connectivity index (χ0n) is 22.5. The van der Waals surface area contributed by atoms with Gasteiger partial charge in [0.25, 0.3) is 5.91 Å². The normalized spacial score (nSPS) is 17.6. The Hall–Kier alpha value is -3.98. The fraction of sp³-hybridized carbons (Fsp3) is 0.400. The summed E-state index contributed by atoms with van der Waals surface area (Å²) in [6.45, 7) is 5.85. The minimum absolute atomic E-state index is 0.0593. The predicted molar refractivity (Wildman–Crippen MR) is 146 cm³/mol. The maximum Gasteiger partial charge on any atom is 0.326 e. The van der Waals surface area contributed by atoms with E-state index < -0.39 is 24.2 Å². The quantitative estimate of drug-likeness (QED) is 0.369. The lowest BCUT2D eigenvalue weighted by Gasteiger charge is -2.39. The highest BCUT2D eigenvalue weighted by Crippen LogP contribution is 2.43. The van der Waals surface area contributed by atoms with Crippen molar-refractivity contribution in [1.29, 1.82) is 0 Å². The van der Waals surface area contributed by atoms with Gasteiger partial charge in [-0.1, -0.05) is 62.4 Å². The van der Waals surface area contributed by atoms with E-state index in [9.17, 15) is 14.4 Å². The Balaban J connectivity index is 1.60. The molecule has 0 saturated carbocycles. The lowest BCUT2D eigenvalue weighted by molar-refractivity contribution is -0.152. The van der Waals surface area contributed by atoms with Gasteiger partial charge in [-0.3, -0.25) is 19.1 Å². The number of hydrogen-bond acceptors (Lipinski definition) is 7. The largest absolute Gasteiger partial charge is 0.451 e. The van der Waals surface area contributed by atoms with E-state index >= 15 is 0 Å². The molecule has 2 heterocycles. The molecule has 2 atom stereocenters. The van der Waals surface area contributed by atoms with Gasteiger partial charge >= 0.3 is 5.97 Å². The zero-order valence-corrected chi connectivity index (χ0v) is 22.5. The molecule has 5 rings (SSSR count). The Morgan fingerprint density at radius 2 is 1.67 bits per heavy atom. The monoisotopic (exact) mass is 530 g/mol. The average molecular weight is 531 g/mol. The molecule has 1 aliphatic heterocycles. The van der Waals surface area contributed by atoms with Crippen LogP contribution in [0.3, 0.4) is 0 Å². The summed E-state index contributed by atoms with van der Waals surface area (Å²) in [5.74, 6) is -1.40. The molecule has 9 heteroatoms. The van der Waals surface area contributed by atoms with Crippen LogP contribution in [0.5, 0.6) is 5.75 Å². The van der Waals surface area contributed by atoms with Crippen molar-refractivity contribution in [2.45, 2.75) is 51.6 Å². The van der Waals surface area contributed by atoms with E-state index in [-0.39, 0.29) is 35.2 Å². The van der Waals surface area contributed by atoms with Crippen LogP contribution < -0.4 is 15.9 Å². The van der Waals surface area contributed by atoms with Gasteiger partial charge in [0.2, 0.25) is 18.0 Å². The molecule has 0 saturated heterocycles. The predicted octanol–water partition coefficient (Wildman–Crippen LogP) is 3.05. The number of nitrogens with zero attached hydrogens (tertiary/aromatic N) is 3. The summed E-state index contributed by atoms with van der Waals surface area (Å²) in [4.78, 5) is 40.5. The van der Waals surface area contributed by atoms with Crippen molar-refractivity contribution in [2.24, 2.45) is 11.7 Å². The molecule has 2 aromatic carbocycles. The molecule has 2 N–H and O–H groups in total. The second-order valence-electron chi connectivity index (χ2n) is 10.4. The molecule has 0 radical (unpaired) electrons. The van der Waals surface area contributed by atoms with Crippen molar-refractivity contribution in [2.75, 3.05) is 19.9 Å². The second kappa shape index (κ2) is 11.0. The van der Waals surface area contributed by atoms with Crippen molar-refractivity contribution in [1.82, 2.24) is 14.7 Å². The molecular formula is C30H34N4O5. The fourth-order valence-electron chi connectivity index (χ4n) is 5.59. The summed E-state index contributed by atoms with van der Waals surface area (Å²) in [7, 11) is 0. The van der Waals surface area contributed by atoms with E-state index in [2.05, 4.69) is 41.5 Å². The van der Waals surface area contributed by atoms with Gasteiger partial charge < -0.3 is 20.1 Å². The Morgan fingerprint density at radius 3 is 2.26 bits per heavy atom. The standard InChI is InChI=1S/C30H34N4O5/c1-4-33-16-23(25-21-11-7-5-9-19(21)13-14-20-10-6-8-12-22(20)25)34-27(29(33)36)28(24(35)15-32-34)38-17-39-30(37)26(31)18(2)3/h5-12,15,18,23,25-26H,4,13-14,16-17,31H2,1-3H3/t23-,26+/m1/s1. The number of esters is 1. The van der Waals surface area contributed by atoms with Crippen LogP contribution in [0.15, 0.2) is 59.5 Å². The number of aromatic nitrogens is 2. The first kappa shape index (κ1) is 26.6. The summed E-state index contributed by atoms with van der Waals surface area (Å²) < 4.78 is 12.5. The number of carbonyl (C=O) groups is 2. The van der Waals surface area contributed by atoms with E-state index in [1.165, 1.54) is 22.3 Å². The van der Waals surface area contributed by atoms with Gasteiger partial charge in [-0.25, -0.2) is 0 Å². The number of aryl methyl sites for hydroxylation is 2. The van der Waals surface area contributed by atoms with Crippen molar-refractivity contribution in [3.63, 3.8) is 0 Å². The molecule has 1 aromatic heterocycles. The topological polar surface area (TPSA) is 117 Å². The highest BCUT2D eigenvalue weighted by Gasteiger charge is 2.41. The van der Waals surface area contributed by atoms with E-state index in [1.807, 2.05) is 19.1 Å². The maximum atomic E-state index is 13.6. The zero-order chi connectivity index (χ0) is 27.7. The van der Waals surface area contributed by atoms with Gasteiger partial charge in [-0.15, -0.1) is 0 Å². The third-order valence-electron chi connectivity index (χ3n) is 7.78. The summed E-state index contributed by atoms with van der Waals surface area (Å²) in [6.07, 6.45) is 2.99. The molecule has 1 aliphatic carbocycles. The smallest absolute Gasteiger partial charge is 0.326 e. The minimum Gasteiger partial charge on any atom is -0.451 e. The van der Waals surface area contributed by atoms with Gasteiger partial charge in [-0.05, 0) is 47.9 Å². The molecule has 39 heavy (non-hydrogen) atoms. The molecule has 0 fully saturated rings. The van der Waals surface area contributed by atoms with Crippen LogP contribution in [0.2, 0.25) is 0 Å². The molecule has 9 nitrogen and oxygen atoms in total. The fourth-order valence-corrected chi connectivity index (χ4v) is 5.59. The number of nitrogens with two attached hydrogens (primary N) is 1. The number of hydrogen-bond donors (Lipinski definition) is 1. The summed E-state index contributed by atoms with van der Waals surface area (Å²) in [5.41, 5.74) is 10.2. The van der Waals surface area contributed by atoms with Crippen molar-refractivity contribution in [3.8, 4) is 5.75 Å². The van der Waals surface area contributed by atoms with Gasteiger partial charge in [0.05, 0.1) is 12.2 Å². The average Bonchev–Trinajstić information content (AvgIpc) is 3.11. The van der Waals surface area contributed by atoms with Gasteiger partial charge in [0, 0.05) is 19.0 Å². The first-order valence-corrected chi connectivity index (χ1v) is 13.4. The number of rotatable bonds is 7. The minimum atomic E-state index is -0.821. The number of benzene rings is 2. The molecule has 3 aromatic rings. The number of carbonyl (C=O) groups excluding carboxylic acids is 2. The van der Waals surface area contributed by atoms with Gasteiger partial charge in [0.15, 0.2) is 5.69 Å². The Labute approximate surface area is 227 Å². The molecule has 204 valence electrons. The highest BCUT2D eigenvalue weighted by molar-refractivity contribution is 5.96. The van der Waals surface area contributed by atoms with Crippen molar-refractivity contribution >= 4 is 11.9 Å². The molecule has 0 bridgehead atoms. The van der Waals surface area contributed by atoms with E-state index in [1.54, 1.807) is 23.4 Å². The third kappa shape index (κ3) is 4.94. The van der Waals surface area contributed by atoms with Gasteiger partial charge in [0.1, 0.15) is 6.04 Å². The first-order valence-electron chi connectivity index (χ1n) is 13.4. The third-order valence-corrected chi connectivity index (χ3v) is 7.78. The summed E-state index contributed by atoms with van der Waals surface area (Å²) >= 11 is 0. The maximum absolute atomic E-state index is 13.6. The van der Waals surface area contributed by atoms with Crippen molar-refractivity contribution < 1.29 is 19.1 Å². The summed E-state index contributed by atoms with van der Waals surface area (Å²) in [6, 6.07) is 15.7. The number of ether oxygens (including phenoxy) is 2. The van der Waals surface area contributed by atoms with E-state index in [4.69, 9.17) is 15.2 Å². The molecule has 0 unspecified atom stereocenters. The molecule has 2 aliphatic rings. The SMILES string of the molecule is CCN1C[C@H](C2c3ccccc3CCc3ccccc32)n2ncc(=O)c(OCOC(=O)[C@@H](N)C(C)C)c2C1=O. The number of fused-ring (bicyclic) bond motifs is 3. The van der Waals surface area contributed by atoms with Crippen LogP contribution >= 0.6 is 0 Å². The molecule has 0 spiro atoms. The van der Waals surface area contributed by atoms with E-state index in [0.29, 0.717) is 13.1 Å². The van der Waals surface area contributed by atoms with Gasteiger partial charge in [-0.2, -0.15) is 5.10 Å². The number of amides is 1. The Morgan fingerprint density at radius 1 is 1.05 bits per heavy atom. The molecular weight excluding hydrogens is 496 g/mol. The lowest BCUT2D eigenvalue weighted by Crippen LogP contribution is -2.47. The number of likely N-dealkylation sites (N-methyl/N-ethyl adjacent to an activating group) is 1. The summed E-state index contributed by atoms with van der Waals surface area (Å²) in [5, 5.41) is 4.48.